The van der Waals surface area contributed by atoms with Crippen LogP contribution in [-0.2, 0) is 19.2 Å². The molecule has 0 aromatic heterocycles. The van der Waals surface area contributed by atoms with Crippen molar-refractivity contribution in [2.45, 2.75) is 52.2 Å². The first-order chi connectivity index (χ1) is 12.0. The van der Waals surface area contributed by atoms with Crippen molar-refractivity contribution in [1.82, 2.24) is 16.0 Å². The second kappa shape index (κ2) is 11.7. The smallest absolute Gasteiger partial charge is 0.326 e. The summed E-state index contributed by atoms with van der Waals surface area (Å²) >= 11 is 3.94. The van der Waals surface area contributed by atoms with Crippen LogP contribution in [0.5, 0.6) is 0 Å². The Morgan fingerprint density at radius 2 is 1.62 bits per heavy atom. The summed E-state index contributed by atoms with van der Waals surface area (Å²) < 4.78 is 0. The van der Waals surface area contributed by atoms with Gasteiger partial charge in [-0.05, 0) is 18.3 Å². The quantitative estimate of drug-likeness (QED) is 0.252. The number of carbonyl (C=O) groups is 4. The van der Waals surface area contributed by atoms with Crippen molar-refractivity contribution >= 4 is 36.3 Å². The maximum absolute atomic E-state index is 12.3. The van der Waals surface area contributed by atoms with Crippen LogP contribution in [0, 0.1) is 11.8 Å². The molecule has 0 aromatic carbocycles. The zero-order valence-corrected chi connectivity index (χ0v) is 16.5. The maximum atomic E-state index is 12.3. The van der Waals surface area contributed by atoms with Crippen molar-refractivity contribution < 1.29 is 24.3 Å². The standard InChI is InChI=1S/C16H30N4O5S/c1-8(2)5-11(19-14(22)10(17)7-26)15(23)18-6-12(21)20-13(9(3)4)16(24)25/h8-11,13,26H,5-7,17H2,1-4H3,(H,18,23)(H,19,22)(H,20,21)(H,24,25). The summed E-state index contributed by atoms with van der Waals surface area (Å²) in [7, 11) is 0. The van der Waals surface area contributed by atoms with Crippen molar-refractivity contribution in [3.63, 3.8) is 0 Å². The van der Waals surface area contributed by atoms with Gasteiger partial charge in [0.05, 0.1) is 12.6 Å². The number of carboxylic acids is 1. The molecular formula is C16H30N4O5S. The van der Waals surface area contributed by atoms with Gasteiger partial charge in [-0.15, -0.1) is 0 Å². The Morgan fingerprint density at radius 1 is 1.04 bits per heavy atom. The number of nitrogens with one attached hydrogen (secondary N) is 3. The zero-order chi connectivity index (χ0) is 20.4. The van der Waals surface area contributed by atoms with Gasteiger partial charge in [0.2, 0.25) is 17.7 Å². The maximum Gasteiger partial charge on any atom is 0.326 e. The van der Waals surface area contributed by atoms with Crippen LogP contribution in [0.4, 0.5) is 0 Å². The molecule has 3 unspecified atom stereocenters. The molecule has 0 aliphatic heterocycles. The summed E-state index contributed by atoms with van der Waals surface area (Å²) in [4.78, 5) is 47.2. The highest BCUT2D eigenvalue weighted by Crippen LogP contribution is 2.06. The summed E-state index contributed by atoms with van der Waals surface area (Å²) in [6, 6.07) is -2.73. The Kier molecular flexibility index (Phi) is 10.9. The molecule has 0 bridgehead atoms. The third kappa shape index (κ3) is 9.04. The van der Waals surface area contributed by atoms with Crippen molar-refractivity contribution in [3.05, 3.63) is 0 Å². The number of aliphatic carboxylic acids is 1. The molecule has 9 nitrogen and oxygen atoms in total. The van der Waals surface area contributed by atoms with Crippen LogP contribution in [0.2, 0.25) is 0 Å². The summed E-state index contributed by atoms with van der Waals surface area (Å²) in [6.07, 6.45) is 0.363. The van der Waals surface area contributed by atoms with Crippen molar-refractivity contribution in [2.75, 3.05) is 12.3 Å². The van der Waals surface area contributed by atoms with E-state index in [4.69, 9.17) is 10.8 Å². The minimum atomic E-state index is -1.15. The predicted octanol–water partition coefficient (Wildman–Crippen LogP) is -0.884. The summed E-state index contributed by atoms with van der Waals surface area (Å²) in [5.74, 6) is -2.87. The molecule has 0 heterocycles. The van der Waals surface area contributed by atoms with E-state index in [1.807, 2.05) is 13.8 Å². The first kappa shape index (κ1) is 24.2. The molecule has 3 amide bonds. The molecule has 0 fully saturated rings. The van der Waals surface area contributed by atoms with Crippen molar-refractivity contribution in [2.24, 2.45) is 17.6 Å². The molecule has 0 radical (unpaired) electrons. The zero-order valence-electron chi connectivity index (χ0n) is 15.6. The van der Waals surface area contributed by atoms with Gasteiger partial charge in [0, 0.05) is 5.75 Å². The number of nitrogens with two attached hydrogens (primary N) is 1. The van der Waals surface area contributed by atoms with Crippen LogP contribution in [0.25, 0.3) is 0 Å². The number of amides is 3. The molecule has 0 saturated carbocycles. The minimum Gasteiger partial charge on any atom is -0.480 e. The van der Waals surface area contributed by atoms with Gasteiger partial charge in [0.1, 0.15) is 12.1 Å². The highest BCUT2D eigenvalue weighted by molar-refractivity contribution is 7.80. The van der Waals surface area contributed by atoms with Crippen LogP contribution in [0.1, 0.15) is 34.1 Å². The van der Waals surface area contributed by atoms with Crippen LogP contribution < -0.4 is 21.7 Å². The molecule has 0 spiro atoms. The van der Waals surface area contributed by atoms with E-state index in [0.717, 1.165) is 0 Å². The molecule has 0 rings (SSSR count). The highest BCUT2D eigenvalue weighted by atomic mass is 32.1. The van der Waals surface area contributed by atoms with E-state index in [2.05, 4.69) is 28.6 Å². The third-order valence-electron chi connectivity index (χ3n) is 3.55. The fourth-order valence-electron chi connectivity index (χ4n) is 2.09. The molecule has 0 saturated heterocycles. The van der Waals surface area contributed by atoms with Gasteiger partial charge in [-0.25, -0.2) is 4.79 Å². The van der Waals surface area contributed by atoms with Crippen molar-refractivity contribution in [3.8, 4) is 0 Å². The molecule has 150 valence electrons. The number of hydrogen-bond acceptors (Lipinski definition) is 6. The van der Waals surface area contributed by atoms with E-state index in [0.29, 0.717) is 6.42 Å². The first-order valence-electron chi connectivity index (χ1n) is 8.46. The average molecular weight is 391 g/mol. The van der Waals surface area contributed by atoms with Gasteiger partial charge < -0.3 is 26.8 Å². The molecule has 3 atom stereocenters. The van der Waals surface area contributed by atoms with Gasteiger partial charge in [0.15, 0.2) is 0 Å². The Bertz CT molecular complexity index is 513. The van der Waals surface area contributed by atoms with E-state index in [1.165, 1.54) is 0 Å². The number of thiol groups is 1. The number of hydrogen-bond donors (Lipinski definition) is 6. The van der Waals surface area contributed by atoms with E-state index in [-0.39, 0.29) is 17.6 Å². The minimum absolute atomic E-state index is 0.115. The summed E-state index contributed by atoms with van der Waals surface area (Å²) in [5, 5.41) is 16.4. The Labute approximate surface area is 159 Å². The van der Waals surface area contributed by atoms with Crippen LogP contribution in [0.15, 0.2) is 0 Å². The van der Waals surface area contributed by atoms with Gasteiger partial charge in [-0.2, -0.15) is 12.6 Å². The lowest BCUT2D eigenvalue weighted by molar-refractivity contribution is -0.143. The Hall–Kier alpha value is -1.81. The normalized spacial score (nSPS) is 14.5. The van der Waals surface area contributed by atoms with Gasteiger partial charge in [-0.3, -0.25) is 14.4 Å². The fraction of sp³-hybridized carbons (Fsp3) is 0.750. The average Bonchev–Trinajstić information content (AvgIpc) is 2.54. The first-order valence-corrected chi connectivity index (χ1v) is 9.09. The molecular weight excluding hydrogens is 360 g/mol. The number of carboxylic acid groups (broad SMARTS) is 1. The lowest BCUT2D eigenvalue weighted by Gasteiger charge is -2.22. The molecule has 0 aliphatic carbocycles. The molecule has 26 heavy (non-hydrogen) atoms. The van der Waals surface area contributed by atoms with Crippen LogP contribution in [0.3, 0.4) is 0 Å². The summed E-state index contributed by atoms with van der Waals surface area (Å²) in [6.45, 7) is 6.71. The van der Waals surface area contributed by atoms with E-state index >= 15 is 0 Å². The van der Waals surface area contributed by atoms with Crippen LogP contribution in [-0.4, -0.2) is 59.2 Å². The fourth-order valence-corrected chi connectivity index (χ4v) is 2.26. The number of rotatable bonds is 11. The van der Waals surface area contributed by atoms with Gasteiger partial charge in [0.25, 0.3) is 0 Å². The van der Waals surface area contributed by atoms with Gasteiger partial charge in [-0.1, -0.05) is 27.7 Å². The van der Waals surface area contributed by atoms with E-state index < -0.39 is 48.4 Å². The predicted molar refractivity (Wildman–Crippen MR) is 101 cm³/mol. The topological polar surface area (TPSA) is 151 Å². The lowest BCUT2D eigenvalue weighted by atomic mass is 10.0. The second-order valence-electron chi connectivity index (χ2n) is 6.83. The highest BCUT2D eigenvalue weighted by Gasteiger charge is 2.26. The van der Waals surface area contributed by atoms with Crippen LogP contribution >= 0.6 is 12.6 Å². The Morgan fingerprint density at radius 3 is 2.04 bits per heavy atom. The summed E-state index contributed by atoms with van der Waals surface area (Å²) in [5.41, 5.74) is 5.59. The molecule has 10 heteroatoms. The van der Waals surface area contributed by atoms with Gasteiger partial charge >= 0.3 is 5.97 Å². The van der Waals surface area contributed by atoms with Crippen molar-refractivity contribution in [1.29, 1.82) is 0 Å². The molecule has 0 aliphatic rings. The van der Waals surface area contributed by atoms with E-state index in [1.54, 1.807) is 13.8 Å². The Balaban J connectivity index is 4.76. The monoisotopic (exact) mass is 390 g/mol. The lowest BCUT2D eigenvalue weighted by Crippen LogP contribution is -2.54. The second-order valence-corrected chi connectivity index (χ2v) is 7.19. The third-order valence-corrected chi connectivity index (χ3v) is 3.94. The largest absolute Gasteiger partial charge is 0.480 e. The molecule has 0 aromatic rings. The SMILES string of the molecule is CC(C)CC(NC(=O)C(N)CS)C(=O)NCC(=O)NC(C(=O)O)C(C)C. The van der Waals surface area contributed by atoms with E-state index in [9.17, 15) is 19.2 Å². The number of carbonyl (C=O) groups excluding carboxylic acids is 3. The molecule has 6 N–H and O–H groups in total.